The third kappa shape index (κ3) is 5.61. The monoisotopic (exact) mass is 441 g/mol. The molecule has 2 saturated heterocycles. The molecule has 2 heterocycles. The van der Waals surface area contributed by atoms with E-state index in [4.69, 9.17) is 14.2 Å². The predicted molar refractivity (Wildman–Crippen MR) is 118 cm³/mol. The summed E-state index contributed by atoms with van der Waals surface area (Å²) >= 11 is 0. The molecule has 0 spiro atoms. The number of rotatable bonds is 7. The Morgan fingerprint density at radius 1 is 1.09 bits per heavy atom. The summed E-state index contributed by atoms with van der Waals surface area (Å²) < 4.78 is 16.7. The Kier molecular flexibility index (Phi) is 7.31. The summed E-state index contributed by atoms with van der Waals surface area (Å²) in [5.41, 5.74) is 1.89. The van der Waals surface area contributed by atoms with Crippen LogP contribution in [0.5, 0.6) is 0 Å². The number of ether oxygens (including phenoxy) is 3. The molecule has 2 aliphatic heterocycles. The number of morpholine rings is 2. The van der Waals surface area contributed by atoms with Crippen molar-refractivity contribution >= 4 is 17.3 Å². The summed E-state index contributed by atoms with van der Waals surface area (Å²) in [5, 5.41) is 11.2. The van der Waals surface area contributed by atoms with Crippen molar-refractivity contribution in [1.29, 1.82) is 0 Å². The van der Waals surface area contributed by atoms with E-state index in [-0.39, 0.29) is 24.0 Å². The van der Waals surface area contributed by atoms with E-state index in [1.165, 1.54) is 17.7 Å². The number of nitro benzene ring substituents is 1. The van der Waals surface area contributed by atoms with Gasteiger partial charge < -0.3 is 19.1 Å². The van der Waals surface area contributed by atoms with E-state index in [9.17, 15) is 14.9 Å². The summed E-state index contributed by atoms with van der Waals surface area (Å²) in [6.07, 6.45) is -0.248. The second-order valence-corrected chi connectivity index (χ2v) is 7.87. The van der Waals surface area contributed by atoms with E-state index in [1.54, 1.807) is 6.07 Å². The van der Waals surface area contributed by atoms with Crippen molar-refractivity contribution in [1.82, 2.24) is 4.90 Å². The highest BCUT2D eigenvalue weighted by Gasteiger charge is 2.26. The van der Waals surface area contributed by atoms with Crippen LogP contribution in [0.1, 0.15) is 15.9 Å². The van der Waals surface area contributed by atoms with Crippen molar-refractivity contribution in [2.45, 2.75) is 12.6 Å². The maximum absolute atomic E-state index is 12.9. The molecule has 2 aromatic carbocycles. The smallest absolute Gasteiger partial charge is 0.340 e. The summed E-state index contributed by atoms with van der Waals surface area (Å²) in [7, 11) is 0. The molecule has 9 nitrogen and oxygen atoms in total. The molecule has 0 saturated carbocycles. The number of carbonyl (C=O) groups excluding carboxylic acids is 1. The third-order valence-electron chi connectivity index (χ3n) is 5.63. The molecule has 4 rings (SSSR count). The van der Waals surface area contributed by atoms with Crippen LogP contribution in [0.4, 0.5) is 11.4 Å². The van der Waals surface area contributed by atoms with E-state index < -0.39 is 10.9 Å². The van der Waals surface area contributed by atoms with Gasteiger partial charge in [-0.25, -0.2) is 4.79 Å². The van der Waals surface area contributed by atoms with Gasteiger partial charge in [-0.15, -0.1) is 0 Å². The second-order valence-electron chi connectivity index (χ2n) is 7.87. The standard InChI is InChI=1S/C23H27N3O6/c27-23(21-14-19(26(28)29)6-7-22(21)25-9-11-30-12-10-25)32-17-20-16-24(8-13-31-20)15-18-4-2-1-3-5-18/h1-7,14,20H,8-13,15-17H2/t20-/m1/s1. The van der Waals surface area contributed by atoms with Crippen molar-refractivity contribution < 1.29 is 23.9 Å². The first-order valence-electron chi connectivity index (χ1n) is 10.8. The summed E-state index contributed by atoms with van der Waals surface area (Å²) in [6, 6.07) is 14.5. The minimum Gasteiger partial charge on any atom is -0.459 e. The Morgan fingerprint density at radius 2 is 1.88 bits per heavy atom. The lowest BCUT2D eigenvalue weighted by atomic mass is 10.1. The fourth-order valence-corrected chi connectivity index (χ4v) is 3.99. The van der Waals surface area contributed by atoms with Crippen molar-refractivity contribution in [2.75, 3.05) is 57.5 Å². The lowest BCUT2D eigenvalue weighted by Gasteiger charge is -2.33. The lowest BCUT2D eigenvalue weighted by Crippen LogP contribution is -2.44. The van der Waals surface area contributed by atoms with Gasteiger partial charge in [-0.2, -0.15) is 0 Å². The molecule has 0 radical (unpaired) electrons. The highest BCUT2D eigenvalue weighted by molar-refractivity contribution is 5.96. The molecule has 0 amide bonds. The van der Waals surface area contributed by atoms with Gasteiger partial charge in [-0.3, -0.25) is 15.0 Å². The summed E-state index contributed by atoms with van der Waals surface area (Å²) in [4.78, 5) is 27.9. The zero-order chi connectivity index (χ0) is 22.3. The first-order chi connectivity index (χ1) is 15.6. The van der Waals surface area contributed by atoms with Crippen LogP contribution in [-0.4, -0.2) is 74.5 Å². The number of hydrogen-bond donors (Lipinski definition) is 0. The molecule has 0 aliphatic carbocycles. The van der Waals surface area contributed by atoms with Crippen LogP contribution in [0.15, 0.2) is 48.5 Å². The molecule has 170 valence electrons. The van der Waals surface area contributed by atoms with Crippen LogP contribution in [0.25, 0.3) is 0 Å². The van der Waals surface area contributed by atoms with Gasteiger partial charge in [0.1, 0.15) is 12.7 Å². The summed E-state index contributed by atoms with van der Waals surface area (Å²) in [5.74, 6) is -0.584. The zero-order valence-corrected chi connectivity index (χ0v) is 17.9. The molecule has 0 N–H and O–H groups in total. The van der Waals surface area contributed by atoms with Gasteiger partial charge in [-0.1, -0.05) is 30.3 Å². The minimum atomic E-state index is -0.584. The Bertz CT molecular complexity index is 933. The SMILES string of the molecule is O=C(OC[C@H]1CN(Cc2ccccc2)CCO1)c1cc([N+](=O)[O-])ccc1N1CCOCC1. The maximum atomic E-state index is 12.9. The van der Waals surface area contributed by atoms with Gasteiger partial charge in [0.05, 0.1) is 36.0 Å². The molecule has 0 unspecified atom stereocenters. The Hall–Kier alpha value is -3.01. The Balaban J connectivity index is 1.40. The molecule has 2 aliphatic rings. The summed E-state index contributed by atoms with van der Waals surface area (Å²) in [6.45, 7) is 5.22. The van der Waals surface area contributed by atoms with Crippen LogP contribution in [0.3, 0.4) is 0 Å². The van der Waals surface area contributed by atoms with Crippen molar-refractivity contribution in [2.24, 2.45) is 0 Å². The lowest BCUT2D eigenvalue weighted by molar-refractivity contribution is -0.384. The first-order valence-corrected chi connectivity index (χ1v) is 10.8. The highest BCUT2D eigenvalue weighted by atomic mass is 16.6. The quantitative estimate of drug-likeness (QED) is 0.368. The van der Waals surface area contributed by atoms with E-state index in [2.05, 4.69) is 17.0 Å². The van der Waals surface area contributed by atoms with Crippen molar-refractivity contribution in [3.8, 4) is 0 Å². The number of nitro groups is 1. The molecule has 0 aromatic heterocycles. The van der Waals surface area contributed by atoms with Crippen molar-refractivity contribution in [3.05, 3.63) is 69.8 Å². The van der Waals surface area contributed by atoms with Gasteiger partial charge in [0, 0.05) is 44.9 Å². The van der Waals surface area contributed by atoms with Gasteiger partial charge >= 0.3 is 5.97 Å². The highest BCUT2D eigenvalue weighted by Crippen LogP contribution is 2.27. The average Bonchev–Trinajstić information content (AvgIpc) is 2.83. The van der Waals surface area contributed by atoms with E-state index in [0.717, 1.165) is 13.1 Å². The molecule has 1 atom stereocenters. The number of carbonyl (C=O) groups is 1. The molecule has 2 fully saturated rings. The average molecular weight is 441 g/mol. The van der Waals surface area contributed by atoms with Crippen LogP contribution in [0, 0.1) is 10.1 Å². The number of hydrogen-bond acceptors (Lipinski definition) is 8. The Morgan fingerprint density at radius 3 is 2.62 bits per heavy atom. The topological polar surface area (TPSA) is 94.4 Å². The molecule has 0 bridgehead atoms. The van der Waals surface area contributed by atoms with Gasteiger partial charge in [0.2, 0.25) is 0 Å². The van der Waals surface area contributed by atoms with Gasteiger partial charge in [0.25, 0.3) is 5.69 Å². The molecular formula is C23H27N3O6. The zero-order valence-electron chi connectivity index (χ0n) is 17.9. The minimum absolute atomic E-state index is 0.0926. The van der Waals surface area contributed by atoms with Crippen LogP contribution < -0.4 is 4.90 Å². The van der Waals surface area contributed by atoms with Crippen molar-refractivity contribution in [3.63, 3.8) is 0 Å². The van der Waals surface area contributed by atoms with Crippen LogP contribution >= 0.6 is 0 Å². The van der Waals surface area contributed by atoms with Gasteiger partial charge in [0.15, 0.2) is 0 Å². The molecular weight excluding hydrogens is 414 g/mol. The molecule has 9 heteroatoms. The number of benzene rings is 2. The van der Waals surface area contributed by atoms with Crippen LogP contribution in [0.2, 0.25) is 0 Å². The normalized spacial score (nSPS) is 19.5. The maximum Gasteiger partial charge on any atom is 0.340 e. The fraction of sp³-hybridized carbons (Fsp3) is 0.435. The predicted octanol–water partition coefficient (Wildman–Crippen LogP) is 2.49. The first kappa shape index (κ1) is 22.2. The van der Waals surface area contributed by atoms with E-state index in [1.807, 2.05) is 23.1 Å². The Labute approximate surface area is 186 Å². The van der Waals surface area contributed by atoms with E-state index >= 15 is 0 Å². The molecule has 2 aromatic rings. The van der Waals surface area contributed by atoms with E-state index in [0.29, 0.717) is 45.1 Å². The fourth-order valence-electron chi connectivity index (χ4n) is 3.99. The largest absolute Gasteiger partial charge is 0.459 e. The second kappa shape index (κ2) is 10.5. The van der Waals surface area contributed by atoms with Gasteiger partial charge in [-0.05, 0) is 11.6 Å². The number of anilines is 1. The van der Waals surface area contributed by atoms with Crippen LogP contribution in [-0.2, 0) is 20.8 Å². The number of esters is 1. The number of non-ortho nitro benzene ring substituents is 1. The number of nitrogens with zero attached hydrogens (tertiary/aromatic N) is 3. The molecule has 32 heavy (non-hydrogen) atoms. The third-order valence-corrected chi connectivity index (χ3v) is 5.63.